The minimum absolute atomic E-state index is 0.388. The molecule has 2 saturated carbocycles. The van der Waals surface area contributed by atoms with E-state index in [-0.39, 0.29) is 0 Å². The number of fused-ring (bicyclic) bond motifs is 2. The molecule has 2 nitrogen and oxygen atoms in total. The van der Waals surface area contributed by atoms with Crippen LogP contribution in [-0.2, 0) is 9.59 Å². The normalized spacial score (nSPS) is 38.9. The number of rotatable bonds is 0. The molecule has 4 aliphatic rings. The van der Waals surface area contributed by atoms with E-state index < -0.39 is 0 Å². The molecule has 0 aromatic carbocycles. The first-order valence-corrected chi connectivity index (χ1v) is 12.4. The van der Waals surface area contributed by atoms with Crippen molar-refractivity contribution in [3.63, 3.8) is 0 Å². The zero-order valence-electron chi connectivity index (χ0n) is 20.4. The van der Waals surface area contributed by atoms with Crippen molar-refractivity contribution in [2.45, 2.75) is 106 Å². The van der Waals surface area contributed by atoms with Gasteiger partial charge in [0, 0.05) is 24.7 Å². The molecule has 0 radical (unpaired) electrons. The average molecular weight is 413 g/mol. The van der Waals surface area contributed by atoms with Crippen molar-refractivity contribution >= 4 is 11.6 Å². The van der Waals surface area contributed by atoms with Crippen LogP contribution < -0.4 is 0 Å². The summed E-state index contributed by atoms with van der Waals surface area (Å²) in [6.07, 6.45) is 15.1. The number of ketones is 2. The van der Waals surface area contributed by atoms with Crippen molar-refractivity contribution in [2.24, 2.45) is 34.5 Å². The molecule has 4 atom stereocenters. The van der Waals surface area contributed by atoms with Crippen molar-refractivity contribution in [2.75, 3.05) is 0 Å². The first kappa shape index (κ1) is 23.5. The van der Waals surface area contributed by atoms with Crippen LogP contribution in [0, 0.1) is 34.5 Å². The number of carbonyl (C=O) groups excluding carboxylic acids is 2. The van der Waals surface area contributed by atoms with Crippen LogP contribution in [0.2, 0.25) is 0 Å². The van der Waals surface area contributed by atoms with Gasteiger partial charge in [-0.1, -0.05) is 51.0 Å². The van der Waals surface area contributed by atoms with Gasteiger partial charge >= 0.3 is 0 Å². The molecule has 2 fully saturated rings. The van der Waals surface area contributed by atoms with Crippen LogP contribution in [0.3, 0.4) is 0 Å². The Morgan fingerprint density at radius 3 is 1.37 bits per heavy atom. The van der Waals surface area contributed by atoms with Gasteiger partial charge in [0.05, 0.1) is 0 Å². The number of allylic oxidation sites excluding steroid dienone is 4. The van der Waals surface area contributed by atoms with Crippen LogP contribution in [-0.4, -0.2) is 11.6 Å². The Kier molecular flexibility index (Phi) is 7.15. The summed E-state index contributed by atoms with van der Waals surface area (Å²) in [5, 5.41) is 0. The van der Waals surface area contributed by atoms with Crippen LogP contribution >= 0.6 is 0 Å². The van der Waals surface area contributed by atoms with E-state index in [9.17, 15) is 9.59 Å². The summed E-state index contributed by atoms with van der Waals surface area (Å²) in [5.74, 6) is 3.10. The minimum Gasteiger partial charge on any atom is -0.299 e. The van der Waals surface area contributed by atoms with Gasteiger partial charge < -0.3 is 0 Å². The second kappa shape index (κ2) is 9.13. The summed E-state index contributed by atoms with van der Waals surface area (Å²) in [5.41, 5.74) is 3.77. The average Bonchev–Trinajstić information content (AvgIpc) is 2.73. The van der Waals surface area contributed by atoms with Crippen LogP contribution in [0.1, 0.15) is 106 Å². The quantitative estimate of drug-likeness (QED) is 0.386. The fourth-order valence-electron chi connectivity index (χ4n) is 6.61. The van der Waals surface area contributed by atoms with E-state index in [1.54, 1.807) is 0 Å². The van der Waals surface area contributed by atoms with Gasteiger partial charge in [-0.2, -0.15) is 0 Å². The summed E-state index contributed by atoms with van der Waals surface area (Å²) < 4.78 is 0. The third-order valence-corrected chi connectivity index (χ3v) is 8.76. The number of hydrogen-bond acceptors (Lipinski definition) is 2. The van der Waals surface area contributed by atoms with E-state index in [2.05, 4.69) is 53.7 Å². The molecule has 0 saturated heterocycles. The van der Waals surface area contributed by atoms with Crippen LogP contribution in [0.15, 0.2) is 23.3 Å². The van der Waals surface area contributed by atoms with E-state index in [1.165, 1.54) is 36.8 Å². The summed E-state index contributed by atoms with van der Waals surface area (Å²) in [4.78, 5) is 23.9. The zero-order chi connectivity index (χ0) is 22.1. The maximum absolute atomic E-state index is 11.9. The molecule has 4 rings (SSSR count). The molecule has 168 valence electrons. The fraction of sp³-hybridized carbons (Fsp3) is 0.786. The standard InChI is InChI=1S/2C14H22O/c2*1-10-5-4-6-13(15)11-9-14(2,3)12(11)8-7-10/h2*5,11-12H,4,6-9H2,1-3H3/b10-5+;10-5-/t2*11-,12+/m00/s1. The van der Waals surface area contributed by atoms with Crippen LogP contribution in [0.5, 0.6) is 0 Å². The van der Waals surface area contributed by atoms with Gasteiger partial charge in [0.2, 0.25) is 0 Å². The topological polar surface area (TPSA) is 34.1 Å². The van der Waals surface area contributed by atoms with Crippen molar-refractivity contribution in [3.05, 3.63) is 23.3 Å². The number of carbonyl (C=O) groups is 2. The molecule has 2 heteroatoms. The lowest BCUT2D eigenvalue weighted by molar-refractivity contribution is -0.137. The highest BCUT2D eigenvalue weighted by Gasteiger charge is 2.50. The molecule has 0 N–H and O–H groups in total. The van der Waals surface area contributed by atoms with Gasteiger partial charge in [0.25, 0.3) is 0 Å². The van der Waals surface area contributed by atoms with Gasteiger partial charge in [0.15, 0.2) is 0 Å². The first-order valence-electron chi connectivity index (χ1n) is 12.4. The first-order chi connectivity index (χ1) is 14.0. The molecule has 0 aliphatic heterocycles. The van der Waals surface area contributed by atoms with Crippen LogP contribution in [0.4, 0.5) is 0 Å². The molecule has 0 amide bonds. The highest BCUT2D eigenvalue weighted by atomic mass is 16.1. The SMILES string of the molecule is C/C1=C/CCC(=O)[C@H]2CC(C)(C)[C@@H]2CC1.C/C1=C\CCC(=O)[C@H]2CC(C)(C)[C@@H]2CC1. The molecule has 0 bridgehead atoms. The van der Waals surface area contributed by atoms with Gasteiger partial charge in [-0.3, -0.25) is 9.59 Å². The minimum atomic E-state index is 0.388. The number of Topliss-reactive ketones (excluding diaryl/α,β-unsaturated/α-hetero) is 2. The van der Waals surface area contributed by atoms with Crippen LogP contribution in [0.25, 0.3) is 0 Å². The van der Waals surface area contributed by atoms with E-state index >= 15 is 0 Å². The Morgan fingerprint density at radius 2 is 1.03 bits per heavy atom. The lowest BCUT2D eigenvalue weighted by atomic mass is 9.53. The molecule has 4 aliphatic carbocycles. The summed E-state index contributed by atoms with van der Waals surface area (Å²) >= 11 is 0. The maximum atomic E-state index is 11.9. The Hall–Kier alpha value is -1.18. The molecule has 0 heterocycles. The Morgan fingerprint density at radius 1 is 0.667 bits per heavy atom. The monoisotopic (exact) mass is 412 g/mol. The maximum Gasteiger partial charge on any atom is 0.136 e. The van der Waals surface area contributed by atoms with Crippen molar-refractivity contribution in [1.29, 1.82) is 0 Å². The summed E-state index contributed by atoms with van der Waals surface area (Å²) in [7, 11) is 0. The van der Waals surface area contributed by atoms with Gasteiger partial charge in [-0.15, -0.1) is 0 Å². The summed E-state index contributed by atoms with van der Waals surface area (Å²) in [6.45, 7) is 13.7. The second-order valence-electron chi connectivity index (χ2n) is 12.0. The zero-order valence-corrected chi connectivity index (χ0v) is 20.4. The Labute approximate surface area is 185 Å². The van der Waals surface area contributed by atoms with E-state index in [0.717, 1.165) is 38.5 Å². The molecule has 0 unspecified atom stereocenters. The van der Waals surface area contributed by atoms with Gasteiger partial charge in [-0.05, 0) is 87.9 Å². The van der Waals surface area contributed by atoms with Crippen molar-refractivity contribution in [3.8, 4) is 0 Å². The predicted molar refractivity (Wildman–Crippen MR) is 125 cm³/mol. The molecular weight excluding hydrogens is 368 g/mol. The lowest BCUT2D eigenvalue weighted by Crippen LogP contribution is -2.47. The highest BCUT2D eigenvalue weighted by molar-refractivity contribution is 5.83. The van der Waals surface area contributed by atoms with Crippen molar-refractivity contribution < 1.29 is 9.59 Å². The molecule has 30 heavy (non-hydrogen) atoms. The second-order valence-corrected chi connectivity index (χ2v) is 12.0. The molecule has 0 spiro atoms. The highest BCUT2D eigenvalue weighted by Crippen LogP contribution is 2.55. The third-order valence-electron chi connectivity index (χ3n) is 8.76. The van der Waals surface area contributed by atoms with Gasteiger partial charge in [-0.25, -0.2) is 0 Å². The van der Waals surface area contributed by atoms with E-state index in [4.69, 9.17) is 0 Å². The Bertz CT molecular complexity index is 659. The smallest absolute Gasteiger partial charge is 0.136 e. The van der Waals surface area contributed by atoms with E-state index in [0.29, 0.717) is 46.1 Å². The summed E-state index contributed by atoms with van der Waals surface area (Å²) in [6, 6.07) is 0. The predicted octanol–water partition coefficient (Wildman–Crippen LogP) is 7.48. The lowest BCUT2D eigenvalue weighted by Gasteiger charge is -2.51. The number of hydrogen-bond donors (Lipinski definition) is 0. The van der Waals surface area contributed by atoms with Crippen molar-refractivity contribution in [1.82, 2.24) is 0 Å². The molecule has 0 aromatic heterocycles. The fourth-order valence-corrected chi connectivity index (χ4v) is 6.61. The van der Waals surface area contributed by atoms with E-state index in [1.807, 2.05) is 0 Å². The molecular formula is C28H44O2. The molecule has 0 aromatic rings. The Balaban J connectivity index is 0.000000171. The van der Waals surface area contributed by atoms with Gasteiger partial charge in [0.1, 0.15) is 11.6 Å². The third kappa shape index (κ3) is 5.17. The largest absolute Gasteiger partial charge is 0.299 e.